The smallest absolute Gasteiger partial charge is 0.247 e. The van der Waals surface area contributed by atoms with E-state index < -0.39 is 5.41 Å². The number of likely N-dealkylation sites (N-methyl/N-ethyl adjacent to an activating group) is 1. The summed E-state index contributed by atoms with van der Waals surface area (Å²) in [5, 5.41) is 9.72. The molecular weight excluding hydrogens is 306 g/mol. The highest BCUT2D eigenvalue weighted by Crippen LogP contribution is 2.55. The fourth-order valence-corrected chi connectivity index (χ4v) is 4.01. The topological polar surface area (TPSA) is 96.4 Å². The number of anilines is 1. The lowest BCUT2D eigenvalue weighted by Crippen LogP contribution is -2.48. The van der Waals surface area contributed by atoms with E-state index in [1.165, 1.54) is 4.90 Å². The molecule has 0 unspecified atom stereocenters. The second-order valence-corrected chi connectivity index (χ2v) is 6.16. The standard InChI is InChI=1S/C18H15N3O3/c1-21-12-6-3-2-5-10(12)18(17(21)23)11(9-19)16(20)24-14-8-4-7-13(22)15(14)18/h2-3,5-6H,4,7-8,20H2,1H3/t18-/m1/s1. The lowest BCUT2D eigenvalue weighted by Gasteiger charge is -2.37. The number of Topliss-reactive ketones (excluding diaryl/α,β-unsaturated/α-hetero) is 1. The molecule has 1 aliphatic carbocycles. The Kier molecular flexibility index (Phi) is 2.85. The van der Waals surface area contributed by atoms with Gasteiger partial charge in [-0.05, 0) is 12.5 Å². The molecule has 0 fully saturated rings. The zero-order chi connectivity index (χ0) is 17.1. The van der Waals surface area contributed by atoms with E-state index in [9.17, 15) is 14.9 Å². The largest absolute Gasteiger partial charge is 0.444 e. The van der Waals surface area contributed by atoms with Crippen LogP contribution in [0.3, 0.4) is 0 Å². The maximum Gasteiger partial charge on any atom is 0.247 e. The minimum absolute atomic E-state index is 0.00157. The van der Waals surface area contributed by atoms with Gasteiger partial charge < -0.3 is 15.4 Å². The summed E-state index contributed by atoms with van der Waals surface area (Å²) < 4.78 is 5.57. The van der Waals surface area contributed by atoms with E-state index >= 15 is 0 Å². The number of nitrogens with zero attached hydrogens (tertiary/aromatic N) is 2. The van der Waals surface area contributed by atoms with Crippen LogP contribution in [0.2, 0.25) is 0 Å². The van der Waals surface area contributed by atoms with Crippen LogP contribution in [0, 0.1) is 11.3 Å². The molecule has 3 aliphatic rings. The van der Waals surface area contributed by atoms with Gasteiger partial charge >= 0.3 is 0 Å². The third-order valence-electron chi connectivity index (χ3n) is 5.00. The van der Waals surface area contributed by atoms with Gasteiger partial charge in [0.15, 0.2) is 5.78 Å². The van der Waals surface area contributed by atoms with Crippen LogP contribution in [0.1, 0.15) is 24.8 Å². The summed E-state index contributed by atoms with van der Waals surface area (Å²) in [6, 6.07) is 9.22. The SMILES string of the molecule is CN1C(=O)[C@@]2(C(C#N)=C(N)OC3=C2C(=O)CCC3)c2ccccc21. The van der Waals surface area contributed by atoms with Gasteiger partial charge in [0, 0.05) is 31.1 Å². The minimum Gasteiger partial charge on any atom is -0.444 e. The maximum atomic E-state index is 13.3. The fraction of sp³-hybridized carbons (Fsp3) is 0.278. The summed E-state index contributed by atoms with van der Waals surface area (Å²) in [6.45, 7) is 0. The van der Waals surface area contributed by atoms with Gasteiger partial charge in [-0.1, -0.05) is 18.2 Å². The molecule has 0 saturated heterocycles. The Labute approximate surface area is 138 Å². The first-order chi connectivity index (χ1) is 11.5. The van der Waals surface area contributed by atoms with Crippen LogP contribution in [0.15, 0.2) is 47.1 Å². The molecule has 2 heterocycles. The molecule has 0 aromatic heterocycles. The molecule has 1 amide bonds. The monoisotopic (exact) mass is 321 g/mol. The molecule has 2 N–H and O–H groups in total. The summed E-state index contributed by atoms with van der Waals surface area (Å²) in [4.78, 5) is 27.5. The third kappa shape index (κ3) is 1.49. The molecular formula is C18H15N3O3. The molecule has 6 nitrogen and oxygen atoms in total. The Morgan fingerprint density at radius 2 is 2.04 bits per heavy atom. The molecule has 120 valence electrons. The third-order valence-corrected chi connectivity index (χ3v) is 5.00. The molecule has 2 aliphatic heterocycles. The van der Waals surface area contributed by atoms with Gasteiger partial charge in [0.25, 0.3) is 0 Å². The highest BCUT2D eigenvalue weighted by atomic mass is 16.5. The maximum absolute atomic E-state index is 13.3. The Balaban J connectivity index is 2.15. The molecule has 0 radical (unpaired) electrons. The van der Waals surface area contributed by atoms with Gasteiger partial charge in [-0.15, -0.1) is 0 Å². The van der Waals surface area contributed by atoms with Crippen LogP contribution in [0.25, 0.3) is 0 Å². The van der Waals surface area contributed by atoms with Crippen LogP contribution in [0.5, 0.6) is 0 Å². The van der Waals surface area contributed by atoms with E-state index in [0.717, 1.165) is 0 Å². The van der Waals surface area contributed by atoms with Gasteiger partial charge in [0.05, 0.1) is 5.57 Å². The van der Waals surface area contributed by atoms with Crippen LogP contribution < -0.4 is 10.6 Å². The number of nitriles is 1. The number of allylic oxidation sites excluding steroid dienone is 1. The number of para-hydroxylation sites is 1. The van der Waals surface area contributed by atoms with Crippen molar-refractivity contribution in [1.29, 1.82) is 5.26 Å². The fourth-order valence-electron chi connectivity index (χ4n) is 4.01. The van der Waals surface area contributed by atoms with Crippen LogP contribution in [0.4, 0.5) is 5.69 Å². The molecule has 1 aromatic rings. The second-order valence-electron chi connectivity index (χ2n) is 6.16. The minimum atomic E-state index is -1.48. The van der Waals surface area contributed by atoms with Crippen molar-refractivity contribution in [1.82, 2.24) is 0 Å². The van der Waals surface area contributed by atoms with E-state index in [-0.39, 0.29) is 28.7 Å². The van der Waals surface area contributed by atoms with Gasteiger partial charge in [0.2, 0.25) is 11.8 Å². The van der Waals surface area contributed by atoms with E-state index in [4.69, 9.17) is 10.5 Å². The van der Waals surface area contributed by atoms with Gasteiger partial charge in [-0.3, -0.25) is 9.59 Å². The van der Waals surface area contributed by atoms with Crippen molar-refractivity contribution in [2.24, 2.45) is 5.73 Å². The molecule has 1 spiro atoms. The summed E-state index contributed by atoms with van der Waals surface area (Å²) >= 11 is 0. The Morgan fingerprint density at radius 3 is 2.79 bits per heavy atom. The number of nitrogens with two attached hydrogens (primary N) is 1. The highest BCUT2D eigenvalue weighted by molar-refractivity contribution is 6.19. The van der Waals surface area contributed by atoms with Crippen LogP contribution >= 0.6 is 0 Å². The Hall–Kier alpha value is -3.07. The zero-order valence-electron chi connectivity index (χ0n) is 13.1. The van der Waals surface area contributed by atoms with Crippen molar-refractivity contribution < 1.29 is 14.3 Å². The number of carbonyl (C=O) groups is 2. The Bertz CT molecular complexity index is 906. The normalized spacial score (nSPS) is 25.6. The average Bonchev–Trinajstić information content (AvgIpc) is 2.79. The average molecular weight is 321 g/mol. The van der Waals surface area contributed by atoms with Gasteiger partial charge in [-0.25, -0.2) is 0 Å². The van der Waals surface area contributed by atoms with Crippen molar-refractivity contribution in [3.63, 3.8) is 0 Å². The molecule has 1 aromatic carbocycles. The lowest BCUT2D eigenvalue weighted by atomic mass is 9.65. The first-order valence-corrected chi connectivity index (χ1v) is 7.76. The summed E-state index contributed by atoms with van der Waals surface area (Å²) in [5.41, 5.74) is 6.07. The molecule has 0 bridgehead atoms. The van der Waals surface area contributed by atoms with Crippen LogP contribution in [-0.4, -0.2) is 18.7 Å². The number of amides is 1. The molecule has 24 heavy (non-hydrogen) atoms. The van der Waals surface area contributed by atoms with Crippen molar-refractivity contribution >= 4 is 17.4 Å². The van der Waals surface area contributed by atoms with Crippen molar-refractivity contribution in [2.45, 2.75) is 24.7 Å². The van der Waals surface area contributed by atoms with Crippen LogP contribution in [-0.2, 0) is 19.7 Å². The van der Waals surface area contributed by atoms with Crippen molar-refractivity contribution in [3.05, 3.63) is 52.6 Å². The molecule has 6 heteroatoms. The number of hydrogen-bond donors (Lipinski definition) is 1. The van der Waals surface area contributed by atoms with Crippen molar-refractivity contribution in [2.75, 3.05) is 11.9 Å². The quantitative estimate of drug-likeness (QED) is 0.783. The summed E-state index contributed by atoms with van der Waals surface area (Å²) in [5.74, 6) is -0.171. The van der Waals surface area contributed by atoms with Crippen molar-refractivity contribution in [3.8, 4) is 6.07 Å². The van der Waals surface area contributed by atoms with E-state index in [0.29, 0.717) is 36.3 Å². The van der Waals surface area contributed by atoms with E-state index in [2.05, 4.69) is 0 Å². The second kappa shape index (κ2) is 4.71. The number of fused-ring (bicyclic) bond motifs is 3. The first-order valence-electron chi connectivity index (χ1n) is 7.76. The number of benzene rings is 1. The van der Waals surface area contributed by atoms with E-state index in [1.54, 1.807) is 25.2 Å². The first kappa shape index (κ1) is 14.5. The van der Waals surface area contributed by atoms with Gasteiger partial charge in [0.1, 0.15) is 22.8 Å². The number of ether oxygens (including phenoxy) is 1. The predicted octanol–water partition coefficient (Wildman–Crippen LogP) is 1.63. The van der Waals surface area contributed by atoms with Gasteiger partial charge in [-0.2, -0.15) is 5.26 Å². The number of rotatable bonds is 0. The highest BCUT2D eigenvalue weighted by Gasteiger charge is 2.61. The number of ketones is 1. The molecule has 4 rings (SSSR count). The number of hydrogen-bond acceptors (Lipinski definition) is 5. The lowest BCUT2D eigenvalue weighted by molar-refractivity contribution is -0.124. The molecule has 1 atom stereocenters. The summed E-state index contributed by atoms with van der Waals surface area (Å²) in [7, 11) is 1.64. The zero-order valence-corrected chi connectivity index (χ0v) is 13.1. The Morgan fingerprint density at radius 1 is 1.29 bits per heavy atom. The predicted molar refractivity (Wildman–Crippen MR) is 85.3 cm³/mol. The summed E-state index contributed by atoms with van der Waals surface area (Å²) in [6.07, 6.45) is 1.51. The number of carbonyl (C=O) groups excluding carboxylic acids is 2. The molecule has 0 saturated carbocycles. The van der Waals surface area contributed by atoms with E-state index in [1.807, 2.05) is 12.1 Å².